The van der Waals surface area contributed by atoms with Crippen LogP contribution >= 0.6 is 11.3 Å². The molecule has 2 N–H and O–H groups in total. The Bertz CT molecular complexity index is 1500. The Hall–Kier alpha value is -3.16. The molecule has 2 saturated heterocycles. The van der Waals surface area contributed by atoms with Gasteiger partial charge in [-0.05, 0) is 64.6 Å². The lowest BCUT2D eigenvalue weighted by molar-refractivity contribution is 0.0231. The Kier molecular flexibility index (Phi) is 7.40. The van der Waals surface area contributed by atoms with Crippen LogP contribution in [-0.4, -0.2) is 106 Å². The fourth-order valence-electron chi connectivity index (χ4n) is 7.89. The summed E-state index contributed by atoms with van der Waals surface area (Å²) in [6.07, 6.45) is 7.65. The van der Waals surface area contributed by atoms with Crippen molar-refractivity contribution < 1.29 is 9.47 Å². The Morgan fingerprint density at radius 2 is 1.75 bits per heavy atom. The van der Waals surface area contributed by atoms with Crippen molar-refractivity contribution in [2.24, 2.45) is 5.41 Å². The molecule has 7 rings (SSSR count). The van der Waals surface area contributed by atoms with Crippen LogP contribution in [0, 0.1) is 28.1 Å². The minimum Gasteiger partial charge on any atom is -0.463 e. The first-order valence-electron chi connectivity index (χ1n) is 15.9. The number of nitriles is 2. The number of hydrogen-bond acceptors (Lipinski definition) is 12. The topological polar surface area (TPSA) is 131 Å². The van der Waals surface area contributed by atoms with Crippen molar-refractivity contribution in [1.82, 2.24) is 19.8 Å². The van der Waals surface area contributed by atoms with Crippen LogP contribution in [0.5, 0.6) is 6.01 Å². The van der Waals surface area contributed by atoms with E-state index in [2.05, 4.69) is 45.8 Å². The molecule has 1 spiro atoms. The number of thiophene rings is 1. The zero-order valence-corrected chi connectivity index (χ0v) is 27.0. The summed E-state index contributed by atoms with van der Waals surface area (Å²) in [5.41, 5.74) is 8.54. The Labute approximate surface area is 264 Å². The van der Waals surface area contributed by atoms with Gasteiger partial charge in [-0.25, -0.2) is 0 Å². The molecule has 2 aromatic heterocycles. The fraction of sp³-hybridized carbons (Fsp3) is 0.688. The second kappa shape index (κ2) is 11.0. The number of anilines is 3. The molecule has 234 valence electrons. The van der Waals surface area contributed by atoms with Crippen LogP contribution in [0.1, 0.15) is 60.1 Å². The van der Waals surface area contributed by atoms with Crippen LogP contribution in [0.25, 0.3) is 0 Å². The standard InChI is InChI=1S/C32H43N9O2S/c1-38(2)32(6-4-7-32)20-39(3)27-23(16-34)28(41-18-31(19-41)8-5-24-25(31)22(15-33)26(35)44-24)37-29(36-27)43-21-30(9-10-30)17-40-11-13-42-14-12-40/h4-14,17-21,35H2,1-3H3. The molecular formula is C32H43N9O2S. The van der Waals surface area contributed by atoms with E-state index >= 15 is 0 Å². The first kappa shape index (κ1) is 29.5. The van der Waals surface area contributed by atoms with Crippen molar-refractivity contribution in [2.45, 2.75) is 55.9 Å². The Morgan fingerprint density at radius 3 is 2.36 bits per heavy atom. The van der Waals surface area contributed by atoms with Gasteiger partial charge in [0.15, 0.2) is 11.6 Å². The van der Waals surface area contributed by atoms with Gasteiger partial charge in [-0.1, -0.05) is 0 Å². The van der Waals surface area contributed by atoms with Crippen molar-refractivity contribution >= 4 is 28.0 Å². The smallest absolute Gasteiger partial charge is 0.320 e. The summed E-state index contributed by atoms with van der Waals surface area (Å²) >= 11 is 1.55. The number of hydrogen-bond donors (Lipinski definition) is 1. The van der Waals surface area contributed by atoms with E-state index in [1.54, 1.807) is 11.3 Å². The highest BCUT2D eigenvalue weighted by atomic mass is 32.1. The van der Waals surface area contributed by atoms with Gasteiger partial charge < -0.3 is 29.9 Å². The maximum atomic E-state index is 10.5. The van der Waals surface area contributed by atoms with Gasteiger partial charge in [0, 0.05) is 67.6 Å². The molecular weight excluding hydrogens is 574 g/mol. The number of nitrogen functional groups attached to an aromatic ring is 1. The van der Waals surface area contributed by atoms with E-state index in [4.69, 9.17) is 25.2 Å². The maximum absolute atomic E-state index is 10.5. The Morgan fingerprint density at radius 1 is 1.02 bits per heavy atom. The number of ether oxygens (including phenoxy) is 2. The molecule has 5 aliphatic rings. The largest absolute Gasteiger partial charge is 0.463 e. The number of aryl methyl sites for hydroxylation is 1. The van der Waals surface area contributed by atoms with Gasteiger partial charge in [0.1, 0.15) is 22.7 Å². The first-order chi connectivity index (χ1) is 21.2. The third-order valence-electron chi connectivity index (χ3n) is 11.0. The van der Waals surface area contributed by atoms with E-state index in [1.165, 1.54) is 11.3 Å². The third-order valence-corrected chi connectivity index (χ3v) is 12.1. The van der Waals surface area contributed by atoms with Crippen LogP contribution in [0.4, 0.5) is 16.6 Å². The molecule has 11 nitrogen and oxygen atoms in total. The lowest BCUT2D eigenvalue weighted by Crippen LogP contribution is -2.59. The number of nitrogens with zero attached hydrogens (tertiary/aromatic N) is 8. The summed E-state index contributed by atoms with van der Waals surface area (Å²) < 4.78 is 12.0. The SMILES string of the molecule is CN(CC1(N(C)C)CCC1)c1nc(OCC2(CN3CCOCC3)CC2)nc(N2CC3(CCc4sc(N)c(C#N)c43)C2)c1C#N. The molecule has 12 heteroatoms. The number of nitrogens with two attached hydrogens (primary N) is 1. The maximum Gasteiger partial charge on any atom is 0.320 e. The minimum atomic E-state index is -0.129. The molecule has 0 unspecified atom stereocenters. The molecule has 2 saturated carbocycles. The van der Waals surface area contributed by atoms with Crippen LogP contribution in [0.15, 0.2) is 0 Å². The Balaban J connectivity index is 1.17. The van der Waals surface area contributed by atoms with Gasteiger partial charge in [0.05, 0.1) is 25.4 Å². The minimum absolute atomic E-state index is 0.0669. The quantitative estimate of drug-likeness (QED) is 0.422. The van der Waals surface area contributed by atoms with Gasteiger partial charge in [0.2, 0.25) is 0 Å². The molecule has 44 heavy (non-hydrogen) atoms. The van der Waals surface area contributed by atoms with Gasteiger partial charge >= 0.3 is 6.01 Å². The van der Waals surface area contributed by atoms with Gasteiger partial charge in [-0.3, -0.25) is 4.90 Å². The molecule has 2 aliphatic heterocycles. The summed E-state index contributed by atoms with van der Waals surface area (Å²) in [6.45, 7) is 7.23. The van der Waals surface area contributed by atoms with Crippen molar-refractivity contribution in [3.05, 3.63) is 21.6 Å². The summed E-state index contributed by atoms with van der Waals surface area (Å²) in [5.74, 6) is 1.26. The second-order valence-corrected chi connectivity index (χ2v) is 15.2. The second-order valence-electron chi connectivity index (χ2n) is 14.0. The molecule has 4 fully saturated rings. The van der Waals surface area contributed by atoms with Crippen molar-refractivity contribution in [3.63, 3.8) is 0 Å². The van der Waals surface area contributed by atoms with E-state index in [0.29, 0.717) is 53.5 Å². The first-order valence-corrected chi connectivity index (χ1v) is 16.7. The number of morpholine rings is 1. The molecule has 0 aromatic carbocycles. The third kappa shape index (κ3) is 4.96. The summed E-state index contributed by atoms with van der Waals surface area (Å²) in [6, 6.07) is 5.17. The van der Waals surface area contributed by atoms with Crippen molar-refractivity contribution in [3.8, 4) is 18.1 Å². The van der Waals surface area contributed by atoms with Crippen LogP contribution < -0.4 is 20.3 Å². The van der Waals surface area contributed by atoms with Crippen LogP contribution in [0.3, 0.4) is 0 Å². The lowest BCUT2D eigenvalue weighted by atomic mass is 9.74. The highest BCUT2D eigenvalue weighted by Gasteiger charge is 2.52. The predicted molar refractivity (Wildman–Crippen MR) is 170 cm³/mol. The molecule has 0 amide bonds. The van der Waals surface area contributed by atoms with Gasteiger partial charge in [-0.15, -0.1) is 11.3 Å². The van der Waals surface area contributed by atoms with Crippen LogP contribution in [-0.2, 0) is 16.6 Å². The number of fused-ring (bicyclic) bond motifs is 2. The predicted octanol–water partition coefficient (Wildman–Crippen LogP) is 2.98. The highest BCUT2D eigenvalue weighted by Crippen LogP contribution is 2.53. The molecule has 0 bridgehead atoms. The lowest BCUT2D eigenvalue weighted by Gasteiger charge is -2.50. The van der Waals surface area contributed by atoms with E-state index in [-0.39, 0.29) is 16.4 Å². The van der Waals surface area contributed by atoms with Crippen molar-refractivity contribution in [1.29, 1.82) is 10.5 Å². The number of aromatic nitrogens is 2. The molecule has 4 heterocycles. The van der Waals surface area contributed by atoms with E-state index < -0.39 is 0 Å². The zero-order valence-electron chi connectivity index (χ0n) is 26.2. The molecule has 2 aromatic rings. The summed E-state index contributed by atoms with van der Waals surface area (Å²) in [5, 5.41) is 21.0. The average molecular weight is 618 g/mol. The van der Waals surface area contributed by atoms with E-state index in [9.17, 15) is 10.5 Å². The van der Waals surface area contributed by atoms with E-state index in [0.717, 1.165) is 83.5 Å². The number of likely N-dealkylation sites (N-methyl/N-ethyl adjacent to an activating group) is 2. The highest BCUT2D eigenvalue weighted by molar-refractivity contribution is 7.16. The molecule has 3 aliphatic carbocycles. The van der Waals surface area contributed by atoms with Gasteiger partial charge in [-0.2, -0.15) is 20.5 Å². The monoisotopic (exact) mass is 617 g/mol. The van der Waals surface area contributed by atoms with Gasteiger partial charge in [0.25, 0.3) is 0 Å². The molecule has 0 atom stereocenters. The summed E-state index contributed by atoms with van der Waals surface area (Å²) in [4.78, 5) is 20.2. The fourth-order valence-corrected chi connectivity index (χ4v) is 9.03. The molecule has 0 radical (unpaired) electrons. The van der Waals surface area contributed by atoms with Crippen LogP contribution in [0.2, 0.25) is 0 Å². The summed E-state index contributed by atoms with van der Waals surface area (Å²) in [7, 11) is 6.32. The van der Waals surface area contributed by atoms with E-state index in [1.807, 2.05) is 7.05 Å². The van der Waals surface area contributed by atoms with Crippen molar-refractivity contribution in [2.75, 3.05) is 95.8 Å². The zero-order chi connectivity index (χ0) is 30.7. The average Bonchev–Trinajstić information content (AvgIpc) is 3.52. The normalized spacial score (nSPS) is 22.5. The number of rotatable bonds is 10.